The summed E-state index contributed by atoms with van der Waals surface area (Å²) in [5, 5.41) is 0. The molecule has 3 heterocycles. The predicted molar refractivity (Wildman–Crippen MR) is 143 cm³/mol. The number of carbonyl (C=O) groups is 2. The van der Waals surface area contributed by atoms with Crippen molar-refractivity contribution in [1.82, 2.24) is 14.8 Å². The normalized spacial score (nSPS) is 16.3. The first-order valence-electron chi connectivity index (χ1n) is 12.7. The van der Waals surface area contributed by atoms with Crippen LogP contribution in [0.5, 0.6) is 0 Å². The average molecular weight is 484 g/mol. The highest BCUT2D eigenvalue weighted by Gasteiger charge is 2.26. The summed E-state index contributed by atoms with van der Waals surface area (Å²) < 4.78 is 0. The lowest BCUT2D eigenvalue weighted by Crippen LogP contribution is -2.49. The lowest BCUT2D eigenvalue weighted by Gasteiger charge is -2.36. The van der Waals surface area contributed by atoms with E-state index in [-0.39, 0.29) is 11.8 Å². The Kier molecular flexibility index (Phi) is 6.89. The smallest absolute Gasteiger partial charge is 0.272 e. The number of aryl methyl sites for hydroxylation is 2. The minimum Gasteiger partial charge on any atom is -0.368 e. The molecule has 0 N–H and O–H groups in total. The second kappa shape index (κ2) is 10.4. The molecule has 0 spiro atoms. The van der Waals surface area contributed by atoms with E-state index >= 15 is 0 Å². The molecule has 0 saturated carbocycles. The van der Waals surface area contributed by atoms with Crippen LogP contribution in [0.1, 0.15) is 32.1 Å². The number of aromatic nitrogens is 1. The van der Waals surface area contributed by atoms with Gasteiger partial charge in [-0.25, -0.2) is 4.98 Å². The van der Waals surface area contributed by atoms with Crippen LogP contribution in [0.2, 0.25) is 0 Å². The van der Waals surface area contributed by atoms with E-state index in [1.165, 1.54) is 22.5 Å². The van der Waals surface area contributed by atoms with E-state index in [2.05, 4.69) is 77.2 Å². The summed E-state index contributed by atoms with van der Waals surface area (Å²) in [5.41, 5.74) is 5.51. The molecule has 2 aromatic carbocycles. The van der Waals surface area contributed by atoms with Gasteiger partial charge in [-0.1, -0.05) is 30.3 Å². The van der Waals surface area contributed by atoms with Gasteiger partial charge in [0.05, 0.1) is 0 Å². The van der Waals surface area contributed by atoms with Crippen LogP contribution in [0.15, 0.2) is 66.7 Å². The van der Waals surface area contributed by atoms with Gasteiger partial charge in [0.1, 0.15) is 11.4 Å². The molecule has 5 rings (SSSR count). The van der Waals surface area contributed by atoms with Crippen molar-refractivity contribution in [3.63, 3.8) is 0 Å². The standard InChI is InChI=1S/C29H33N5O2/c1-22-6-3-8-24(20-22)31-12-16-33(17-13-31)28(35)26-10-5-11-27(30-26)29(36)34-18-14-32(15-19-34)25-9-4-7-23(2)21-25/h3-11,20-21H,12-19H2,1-2H3. The van der Waals surface area contributed by atoms with Gasteiger partial charge in [0.2, 0.25) is 0 Å². The van der Waals surface area contributed by atoms with Gasteiger partial charge in [0.25, 0.3) is 11.8 Å². The first-order chi connectivity index (χ1) is 17.5. The molecule has 0 atom stereocenters. The summed E-state index contributed by atoms with van der Waals surface area (Å²) in [5.74, 6) is -0.226. The molecular weight excluding hydrogens is 450 g/mol. The van der Waals surface area contributed by atoms with E-state index in [0.717, 1.165) is 26.2 Å². The Labute approximate surface area is 212 Å². The summed E-state index contributed by atoms with van der Waals surface area (Å²) in [4.78, 5) is 39.2. The van der Waals surface area contributed by atoms with E-state index in [0.29, 0.717) is 37.6 Å². The fourth-order valence-corrected chi connectivity index (χ4v) is 4.98. The third-order valence-corrected chi connectivity index (χ3v) is 7.05. The molecule has 36 heavy (non-hydrogen) atoms. The van der Waals surface area contributed by atoms with Gasteiger partial charge in [-0.2, -0.15) is 0 Å². The second-order valence-corrected chi connectivity index (χ2v) is 9.64. The molecule has 0 aliphatic carbocycles. The zero-order valence-electron chi connectivity index (χ0n) is 21.1. The second-order valence-electron chi connectivity index (χ2n) is 9.64. The molecule has 1 aromatic heterocycles. The maximum atomic E-state index is 13.2. The van der Waals surface area contributed by atoms with E-state index in [9.17, 15) is 9.59 Å². The third kappa shape index (κ3) is 5.20. The van der Waals surface area contributed by atoms with Crippen LogP contribution in [-0.4, -0.2) is 79.0 Å². The zero-order valence-corrected chi connectivity index (χ0v) is 21.1. The summed E-state index contributed by atoms with van der Waals surface area (Å²) in [6.07, 6.45) is 0. The van der Waals surface area contributed by atoms with Gasteiger partial charge >= 0.3 is 0 Å². The zero-order chi connectivity index (χ0) is 25.1. The Hall–Kier alpha value is -3.87. The minimum atomic E-state index is -0.113. The van der Waals surface area contributed by atoms with Crippen LogP contribution in [0.25, 0.3) is 0 Å². The van der Waals surface area contributed by atoms with Crippen LogP contribution in [0, 0.1) is 13.8 Å². The molecule has 3 aromatic rings. The number of pyridine rings is 1. The maximum absolute atomic E-state index is 13.2. The highest BCUT2D eigenvalue weighted by Crippen LogP contribution is 2.20. The molecule has 186 valence electrons. The Bertz CT molecular complexity index is 1150. The Morgan fingerprint density at radius 1 is 0.583 bits per heavy atom. The van der Waals surface area contributed by atoms with Crippen molar-refractivity contribution in [2.45, 2.75) is 13.8 Å². The van der Waals surface area contributed by atoms with Crippen molar-refractivity contribution in [3.8, 4) is 0 Å². The molecule has 2 aliphatic heterocycles. The summed E-state index contributed by atoms with van der Waals surface area (Å²) in [6.45, 7) is 9.82. The van der Waals surface area contributed by atoms with Crippen LogP contribution in [-0.2, 0) is 0 Å². The number of amides is 2. The first-order valence-corrected chi connectivity index (χ1v) is 12.7. The first kappa shape index (κ1) is 23.9. The lowest BCUT2D eigenvalue weighted by molar-refractivity contribution is 0.0733. The number of rotatable bonds is 4. The molecule has 2 aliphatic rings. The van der Waals surface area contributed by atoms with Crippen molar-refractivity contribution >= 4 is 23.2 Å². The Balaban J connectivity index is 1.19. The van der Waals surface area contributed by atoms with Gasteiger partial charge < -0.3 is 19.6 Å². The van der Waals surface area contributed by atoms with Crippen molar-refractivity contribution in [1.29, 1.82) is 0 Å². The topological polar surface area (TPSA) is 60.0 Å². The highest BCUT2D eigenvalue weighted by atomic mass is 16.2. The Morgan fingerprint density at radius 2 is 0.972 bits per heavy atom. The average Bonchev–Trinajstić information content (AvgIpc) is 2.92. The SMILES string of the molecule is Cc1cccc(N2CCN(C(=O)c3cccc(C(=O)N4CCN(c5cccc(C)c5)CC4)n3)CC2)c1. The van der Waals surface area contributed by atoms with Crippen LogP contribution in [0.4, 0.5) is 11.4 Å². The fraction of sp³-hybridized carbons (Fsp3) is 0.345. The minimum absolute atomic E-state index is 0.113. The number of nitrogens with zero attached hydrogens (tertiary/aromatic N) is 5. The molecule has 0 radical (unpaired) electrons. The van der Waals surface area contributed by atoms with Crippen LogP contribution in [0.3, 0.4) is 0 Å². The number of carbonyl (C=O) groups excluding carboxylic acids is 2. The lowest BCUT2D eigenvalue weighted by atomic mass is 10.1. The van der Waals surface area contributed by atoms with Gasteiger partial charge in [0, 0.05) is 63.7 Å². The van der Waals surface area contributed by atoms with E-state index in [4.69, 9.17) is 0 Å². The van der Waals surface area contributed by atoms with Gasteiger partial charge in [0.15, 0.2) is 0 Å². The van der Waals surface area contributed by atoms with Gasteiger partial charge in [-0.3, -0.25) is 9.59 Å². The molecule has 2 saturated heterocycles. The largest absolute Gasteiger partial charge is 0.368 e. The van der Waals surface area contributed by atoms with Crippen molar-refractivity contribution in [2.24, 2.45) is 0 Å². The molecule has 7 nitrogen and oxygen atoms in total. The van der Waals surface area contributed by atoms with Crippen molar-refractivity contribution in [3.05, 3.63) is 89.2 Å². The van der Waals surface area contributed by atoms with Gasteiger partial charge in [-0.05, 0) is 61.4 Å². The maximum Gasteiger partial charge on any atom is 0.272 e. The highest BCUT2D eigenvalue weighted by molar-refractivity contribution is 5.96. The molecule has 0 bridgehead atoms. The molecule has 2 fully saturated rings. The van der Waals surface area contributed by atoms with Crippen LogP contribution < -0.4 is 9.80 Å². The Morgan fingerprint density at radius 3 is 1.36 bits per heavy atom. The third-order valence-electron chi connectivity index (χ3n) is 7.05. The van der Waals surface area contributed by atoms with Gasteiger partial charge in [-0.15, -0.1) is 0 Å². The number of hydrogen-bond acceptors (Lipinski definition) is 5. The van der Waals surface area contributed by atoms with E-state index in [1.54, 1.807) is 18.2 Å². The number of hydrogen-bond donors (Lipinski definition) is 0. The summed E-state index contributed by atoms with van der Waals surface area (Å²) in [6, 6.07) is 22.1. The molecule has 2 amide bonds. The van der Waals surface area contributed by atoms with Crippen molar-refractivity contribution in [2.75, 3.05) is 62.2 Å². The predicted octanol–water partition coefficient (Wildman–Crippen LogP) is 3.62. The number of anilines is 2. The van der Waals surface area contributed by atoms with E-state index < -0.39 is 0 Å². The fourth-order valence-electron chi connectivity index (χ4n) is 4.98. The molecule has 7 heteroatoms. The molecular formula is C29H33N5O2. The van der Waals surface area contributed by atoms with Crippen molar-refractivity contribution < 1.29 is 9.59 Å². The summed E-state index contributed by atoms with van der Waals surface area (Å²) >= 11 is 0. The number of piperazine rings is 2. The number of benzene rings is 2. The quantitative estimate of drug-likeness (QED) is 0.567. The van der Waals surface area contributed by atoms with E-state index in [1.807, 2.05) is 9.80 Å². The monoisotopic (exact) mass is 483 g/mol. The molecule has 0 unspecified atom stereocenters. The summed E-state index contributed by atoms with van der Waals surface area (Å²) in [7, 11) is 0. The van der Waals surface area contributed by atoms with Crippen LogP contribution >= 0.6 is 0 Å².